The summed E-state index contributed by atoms with van der Waals surface area (Å²) >= 11 is 0. The zero-order valence-electron chi connectivity index (χ0n) is 13.5. The summed E-state index contributed by atoms with van der Waals surface area (Å²) in [5.41, 5.74) is 0. The van der Waals surface area contributed by atoms with Crippen molar-refractivity contribution in [2.45, 2.75) is 85.5 Å². The van der Waals surface area contributed by atoms with Gasteiger partial charge in [-0.3, -0.25) is 4.79 Å². The number of unbranched alkanes of at least 4 members (excludes halogenated alkanes) is 2. The van der Waals surface area contributed by atoms with Gasteiger partial charge in [0.1, 0.15) is 0 Å². The van der Waals surface area contributed by atoms with Gasteiger partial charge in [0.25, 0.3) is 0 Å². The normalized spacial score (nSPS) is 14.1. The van der Waals surface area contributed by atoms with Crippen molar-refractivity contribution in [2.75, 3.05) is 6.61 Å². The molecule has 2 heteroatoms. The molecule has 0 aliphatic rings. The van der Waals surface area contributed by atoms with E-state index in [-0.39, 0.29) is 5.97 Å². The Morgan fingerprint density at radius 1 is 1.00 bits per heavy atom. The number of hydrogen-bond donors (Lipinski definition) is 0. The lowest BCUT2D eigenvalue weighted by molar-refractivity contribution is -0.145. The second-order valence-electron chi connectivity index (χ2n) is 5.89. The highest BCUT2D eigenvalue weighted by molar-refractivity contribution is 5.69. The first-order valence-electron chi connectivity index (χ1n) is 8.29. The molecule has 0 aliphatic heterocycles. The Bertz CT molecular complexity index is 213. The van der Waals surface area contributed by atoms with E-state index >= 15 is 0 Å². The Morgan fingerprint density at radius 2 is 1.74 bits per heavy atom. The van der Waals surface area contributed by atoms with E-state index < -0.39 is 0 Å². The molecule has 0 aromatic rings. The molecule has 0 saturated carbocycles. The predicted octanol–water partition coefficient (Wildman–Crippen LogP) is 5.35. The van der Waals surface area contributed by atoms with Crippen LogP contribution < -0.4 is 0 Å². The zero-order chi connectivity index (χ0) is 14.5. The van der Waals surface area contributed by atoms with Crippen LogP contribution in [-0.4, -0.2) is 12.6 Å². The van der Waals surface area contributed by atoms with Crippen LogP contribution in [0.1, 0.15) is 85.5 Å². The van der Waals surface area contributed by atoms with E-state index in [1.54, 1.807) is 0 Å². The van der Waals surface area contributed by atoms with Crippen molar-refractivity contribution in [2.24, 2.45) is 11.8 Å². The SMILES string of the molecule is CCCCCC(=O)OCC(CCC)CCC(C)CC. The van der Waals surface area contributed by atoms with Crippen molar-refractivity contribution < 1.29 is 9.53 Å². The predicted molar refractivity (Wildman–Crippen MR) is 82.2 cm³/mol. The maximum Gasteiger partial charge on any atom is 0.305 e. The Morgan fingerprint density at radius 3 is 2.32 bits per heavy atom. The smallest absolute Gasteiger partial charge is 0.305 e. The molecule has 2 nitrogen and oxygen atoms in total. The minimum atomic E-state index is -0.00177. The Hall–Kier alpha value is -0.530. The molecule has 0 rings (SSSR count). The van der Waals surface area contributed by atoms with Crippen LogP contribution >= 0.6 is 0 Å². The van der Waals surface area contributed by atoms with Crippen LogP contribution in [0, 0.1) is 11.8 Å². The average molecular weight is 270 g/mol. The third kappa shape index (κ3) is 11.0. The number of carbonyl (C=O) groups excluding carboxylic acids is 1. The molecular weight excluding hydrogens is 236 g/mol. The Kier molecular flexibility index (Phi) is 12.2. The fourth-order valence-corrected chi connectivity index (χ4v) is 2.25. The fraction of sp³-hybridized carbons (Fsp3) is 0.941. The van der Waals surface area contributed by atoms with Gasteiger partial charge in [-0.25, -0.2) is 0 Å². The van der Waals surface area contributed by atoms with E-state index in [9.17, 15) is 4.79 Å². The maximum absolute atomic E-state index is 11.6. The molecule has 0 fully saturated rings. The number of hydrogen-bond acceptors (Lipinski definition) is 2. The molecule has 114 valence electrons. The third-order valence-electron chi connectivity index (χ3n) is 3.93. The molecule has 0 aromatic heterocycles. The van der Waals surface area contributed by atoms with Crippen molar-refractivity contribution in [3.05, 3.63) is 0 Å². The maximum atomic E-state index is 11.6. The fourth-order valence-electron chi connectivity index (χ4n) is 2.25. The number of carbonyl (C=O) groups is 1. The first-order valence-corrected chi connectivity index (χ1v) is 8.29. The summed E-state index contributed by atoms with van der Waals surface area (Å²) < 4.78 is 5.43. The topological polar surface area (TPSA) is 26.3 Å². The van der Waals surface area contributed by atoms with Crippen molar-refractivity contribution >= 4 is 5.97 Å². The quantitative estimate of drug-likeness (QED) is 0.353. The lowest BCUT2D eigenvalue weighted by Gasteiger charge is -2.18. The Labute approximate surface area is 120 Å². The standard InChI is InChI=1S/C17H34O2/c1-5-8-9-11-17(18)19-14-16(10-6-2)13-12-15(4)7-3/h15-16H,5-14H2,1-4H3. The lowest BCUT2D eigenvalue weighted by Crippen LogP contribution is -2.15. The third-order valence-corrected chi connectivity index (χ3v) is 3.93. The van der Waals surface area contributed by atoms with Gasteiger partial charge in [-0.05, 0) is 31.1 Å². The molecule has 2 atom stereocenters. The molecule has 0 saturated heterocycles. The molecule has 0 aliphatic carbocycles. The van der Waals surface area contributed by atoms with Gasteiger partial charge >= 0.3 is 5.97 Å². The van der Waals surface area contributed by atoms with Crippen molar-refractivity contribution in [1.29, 1.82) is 0 Å². The summed E-state index contributed by atoms with van der Waals surface area (Å²) in [6, 6.07) is 0. The zero-order valence-corrected chi connectivity index (χ0v) is 13.5. The highest BCUT2D eigenvalue weighted by atomic mass is 16.5. The molecule has 2 unspecified atom stereocenters. The van der Waals surface area contributed by atoms with E-state index in [4.69, 9.17) is 4.74 Å². The summed E-state index contributed by atoms with van der Waals surface area (Å²) in [5, 5.41) is 0. The van der Waals surface area contributed by atoms with Crippen LogP contribution in [0.2, 0.25) is 0 Å². The van der Waals surface area contributed by atoms with Crippen LogP contribution in [-0.2, 0) is 9.53 Å². The van der Waals surface area contributed by atoms with E-state index in [0.717, 1.165) is 25.2 Å². The van der Waals surface area contributed by atoms with Crippen LogP contribution in [0.15, 0.2) is 0 Å². The van der Waals surface area contributed by atoms with Crippen LogP contribution in [0.5, 0.6) is 0 Å². The molecule has 0 spiro atoms. The van der Waals surface area contributed by atoms with E-state index in [1.165, 1.54) is 32.1 Å². The summed E-state index contributed by atoms with van der Waals surface area (Å²) in [6.45, 7) is 9.54. The summed E-state index contributed by atoms with van der Waals surface area (Å²) in [6.07, 6.45) is 9.91. The first-order chi connectivity index (χ1) is 9.13. The van der Waals surface area contributed by atoms with Crippen molar-refractivity contribution in [3.8, 4) is 0 Å². The lowest BCUT2D eigenvalue weighted by atomic mass is 9.93. The molecule has 0 bridgehead atoms. The summed E-state index contributed by atoms with van der Waals surface area (Å²) in [4.78, 5) is 11.6. The van der Waals surface area contributed by atoms with E-state index in [1.807, 2.05) is 0 Å². The minimum Gasteiger partial charge on any atom is -0.465 e. The Balaban J connectivity index is 3.82. The van der Waals surface area contributed by atoms with Gasteiger partial charge in [0.2, 0.25) is 0 Å². The van der Waals surface area contributed by atoms with Crippen LogP contribution in [0.3, 0.4) is 0 Å². The van der Waals surface area contributed by atoms with E-state index in [2.05, 4.69) is 27.7 Å². The van der Waals surface area contributed by atoms with Crippen LogP contribution in [0.4, 0.5) is 0 Å². The van der Waals surface area contributed by atoms with Gasteiger partial charge in [-0.2, -0.15) is 0 Å². The molecule has 19 heavy (non-hydrogen) atoms. The summed E-state index contributed by atoms with van der Waals surface area (Å²) in [7, 11) is 0. The molecule has 0 radical (unpaired) electrons. The number of esters is 1. The van der Waals surface area contributed by atoms with Crippen LogP contribution in [0.25, 0.3) is 0 Å². The van der Waals surface area contributed by atoms with Gasteiger partial charge in [-0.15, -0.1) is 0 Å². The first kappa shape index (κ1) is 18.5. The van der Waals surface area contributed by atoms with E-state index in [0.29, 0.717) is 18.9 Å². The van der Waals surface area contributed by atoms with Gasteiger partial charge in [0.05, 0.1) is 6.61 Å². The molecular formula is C17H34O2. The molecule has 0 N–H and O–H groups in total. The van der Waals surface area contributed by atoms with Crippen molar-refractivity contribution in [3.63, 3.8) is 0 Å². The minimum absolute atomic E-state index is 0.00177. The van der Waals surface area contributed by atoms with Gasteiger partial charge < -0.3 is 4.74 Å². The second kappa shape index (κ2) is 12.5. The number of rotatable bonds is 12. The average Bonchev–Trinajstić information content (AvgIpc) is 2.41. The monoisotopic (exact) mass is 270 g/mol. The van der Waals surface area contributed by atoms with Crippen molar-refractivity contribution in [1.82, 2.24) is 0 Å². The molecule has 0 heterocycles. The highest BCUT2D eigenvalue weighted by Gasteiger charge is 2.12. The highest BCUT2D eigenvalue weighted by Crippen LogP contribution is 2.19. The largest absolute Gasteiger partial charge is 0.465 e. The number of ether oxygens (including phenoxy) is 1. The second-order valence-corrected chi connectivity index (χ2v) is 5.89. The van der Waals surface area contributed by atoms with Gasteiger partial charge in [0.15, 0.2) is 0 Å². The van der Waals surface area contributed by atoms with Gasteiger partial charge in [-0.1, -0.05) is 59.8 Å². The molecule has 0 aromatic carbocycles. The van der Waals surface area contributed by atoms with Gasteiger partial charge in [0, 0.05) is 6.42 Å². The molecule has 0 amide bonds. The summed E-state index contributed by atoms with van der Waals surface area (Å²) in [5.74, 6) is 1.35.